The lowest BCUT2D eigenvalue weighted by atomic mass is 10.1. The molecule has 0 heterocycles. The van der Waals surface area contributed by atoms with E-state index in [9.17, 15) is 0 Å². The largest absolute Gasteiger partial charge is 0.319 e. The fourth-order valence-corrected chi connectivity index (χ4v) is 19.1. The van der Waals surface area contributed by atoms with Crippen molar-refractivity contribution in [3.05, 3.63) is 0 Å². The van der Waals surface area contributed by atoms with Crippen LogP contribution in [0.3, 0.4) is 0 Å². The number of hydrogen-bond donors (Lipinski definition) is 1. The molecule has 0 aromatic rings. The molecule has 0 aliphatic rings. The number of unbranched alkanes of at least 4 members (excludes halogenated alkanes) is 10. The molecule has 47 heavy (non-hydrogen) atoms. The van der Waals surface area contributed by atoms with Crippen LogP contribution in [0.2, 0.25) is 0 Å². The molecule has 0 aliphatic carbocycles. The zero-order chi connectivity index (χ0) is 35.9. The first-order chi connectivity index (χ1) is 21.9. The Bertz CT molecular complexity index is 832. The zero-order valence-electron chi connectivity index (χ0n) is 31.1. The summed E-state index contributed by atoms with van der Waals surface area (Å²) in [6.07, 6.45) is 15.7. The van der Waals surface area contributed by atoms with E-state index < -0.39 is 17.1 Å². The fraction of sp³-hybridized carbons (Fsp3) is 1.00. The third kappa shape index (κ3) is 28.9. The van der Waals surface area contributed by atoms with Gasteiger partial charge >= 0.3 is 0 Å². The summed E-state index contributed by atoms with van der Waals surface area (Å²) in [6, 6.07) is 0. The normalized spacial score (nSPS) is 15.6. The molecule has 0 radical (unpaired) electrons. The highest BCUT2D eigenvalue weighted by Crippen LogP contribution is 2.65. The van der Waals surface area contributed by atoms with Gasteiger partial charge in [-0.1, -0.05) is 126 Å². The van der Waals surface area contributed by atoms with Crippen molar-refractivity contribution in [1.82, 2.24) is 0 Å². The van der Waals surface area contributed by atoms with Gasteiger partial charge in [0.05, 0.1) is 36.6 Å². The Labute approximate surface area is 319 Å². The van der Waals surface area contributed by atoms with Crippen molar-refractivity contribution < 1.29 is 27.1 Å². The molecule has 0 amide bonds. The Morgan fingerprint density at radius 2 is 0.745 bits per heavy atom. The van der Waals surface area contributed by atoms with Gasteiger partial charge in [0.1, 0.15) is 0 Å². The molecule has 0 N–H and O–H groups in total. The molecule has 0 aromatic carbocycles. The average Bonchev–Trinajstić information content (AvgIpc) is 2.92. The number of hydrogen-bond acceptors (Lipinski definition) is 11. The second kappa shape index (κ2) is 28.2. The van der Waals surface area contributed by atoms with Crippen molar-refractivity contribution in [3.63, 3.8) is 0 Å². The average molecular weight is 835 g/mol. The van der Waals surface area contributed by atoms with Gasteiger partial charge in [0.15, 0.2) is 0 Å². The second-order valence-corrected chi connectivity index (χ2v) is 30.9. The van der Waals surface area contributed by atoms with Crippen LogP contribution in [-0.4, -0.2) is 48.1 Å². The zero-order valence-corrected chi connectivity index (χ0v) is 38.7. The Hall–Kier alpha value is 2.76. The van der Waals surface area contributed by atoms with Crippen molar-refractivity contribution in [1.29, 1.82) is 0 Å². The van der Waals surface area contributed by atoms with Crippen molar-refractivity contribution in [2.75, 3.05) is 11.5 Å². The monoisotopic (exact) mass is 834 g/mol. The van der Waals surface area contributed by atoms with Crippen LogP contribution in [-0.2, 0) is 62.6 Å². The van der Waals surface area contributed by atoms with Gasteiger partial charge in [0, 0.05) is 11.5 Å². The third-order valence-corrected chi connectivity index (χ3v) is 19.9. The molecule has 0 spiro atoms. The van der Waals surface area contributed by atoms with E-state index in [1.807, 2.05) is 55.4 Å². The van der Waals surface area contributed by atoms with Gasteiger partial charge in [-0.3, -0.25) is 0 Å². The number of thiol groups is 1. The quantitative estimate of drug-likeness (QED) is 0.0400. The van der Waals surface area contributed by atoms with Crippen molar-refractivity contribution >= 4 is 87.5 Å². The summed E-state index contributed by atoms with van der Waals surface area (Å²) in [7, 11) is 0. The molecule has 0 fully saturated rings. The lowest BCUT2D eigenvalue weighted by Gasteiger charge is -2.31. The summed E-state index contributed by atoms with van der Waals surface area (Å²) in [5, 5.41) is 0. The van der Waals surface area contributed by atoms with E-state index in [1.54, 1.807) is 22.8 Å². The highest BCUT2D eigenvalue weighted by atomic mass is 32.9. The molecule has 0 rings (SSSR count). The van der Waals surface area contributed by atoms with Crippen molar-refractivity contribution in [2.45, 2.75) is 196 Å². The van der Waals surface area contributed by atoms with Gasteiger partial charge in [0.2, 0.25) is 17.1 Å². The van der Waals surface area contributed by atoms with E-state index in [0.717, 1.165) is 38.5 Å². The maximum Gasteiger partial charge on any atom is 0.247 e. The van der Waals surface area contributed by atoms with E-state index in [1.165, 1.54) is 51.4 Å². The predicted octanol–water partition coefficient (Wildman–Crippen LogP) is 14.0. The summed E-state index contributed by atoms with van der Waals surface area (Å²) in [4.78, 5) is 0. The smallest absolute Gasteiger partial charge is 0.247 e. The summed E-state index contributed by atoms with van der Waals surface area (Å²) in [6.45, 7) is 20.5. The summed E-state index contributed by atoms with van der Waals surface area (Å²) >= 11 is 26.0. The molecule has 284 valence electrons. The topological polar surface area (TPSA) is 55.4 Å². The molecule has 0 aromatic heterocycles. The van der Waals surface area contributed by atoms with Crippen LogP contribution in [0.25, 0.3) is 0 Å². The first-order valence-corrected chi connectivity index (χ1v) is 30.1. The molecule has 6 nitrogen and oxygen atoms in total. The lowest BCUT2D eigenvalue weighted by Crippen LogP contribution is -2.19. The van der Waals surface area contributed by atoms with E-state index >= 15 is 0 Å². The Balaban J connectivity index is 5.84. The molecular formula is C32H69O6P3S6. The maximum absolute atomic E-state index is 6.64. The van der Waals surface area contributed by atoms with Gasteiger partial charge in [-0.25, -0.2) is 0 Å². The van der Waals surface area contributed by atoms with Crippen LogP contribution >= 0.6 is 52.1 Å². The van der Waals surface area contributed by atoms with E-state index in [4.69, 9.17) is 74.8 Å². The van der Waals surface area contributed by atoms with Gasteiger partial charge in [0.25, 0.3) is 0 Å². The van der Waals surface area contributed by atoms with E-state index in [-0.39, 0.29) is 36.6 Å². The SMILES string of the molecule is CCCCCCCCC(CSP(=S)(OC(C)C)OC(C)C)OP(=S)(S)OC(CCCCCCCC)CSP(=S)(OC(C)C)OC(C)C. The lowest BCUT2D eigenvalue weighted by molar-refractivity contribution is 0.158. The molecule has 0 saturated heterocycles. The highest BCUT2D eigenvalue weighted by Gasteiger charge is 2.31. The fourth-order valence-electron chi connectivity index (χ4n) is 4.59. The summed E-state index contributed by atoms with van der Waals surface area (Å²) in [5.74, 6) is 1.24. The van der Waals surface area contributed by atoms with Crippen LogP contribution in [0.4, 0.5) is 0 Å². The first kappa shape index (κ1) is 49.8. The maximum atomic E-state index is 6.64. The summed E-state index contributed by atoms with van der Waals surface area (Å²) < 4.78 is 38.0. The Kier molecular flexibility index (Phi) is 29.9. The molecule has 0 saturated carbocycles. The molecule has 2 unspecified atom stereocenters. The van der Waals surface area contributed by atoms with Gasteiger partial charge in [-0.15, -0.1) is 0 Å². The molecule has 2 atom stereocenters. The standard InChI is InChI=1S/C32H69O6P3S6/c1-11-13-15-17-19-21-23-31(25-46-40(44,33-27(3)4)34-28(5)6)37-39(42,43)38-32(24-22-20-18-16-14-12-2)26-47-41(45,35-29(7)8)36-30(9)10/h27-32H,11-26H2,1-10H3,(H,42,43). The minimum atomic E-state index is -2.92. The summed E-state index contributed by atoms with van der Waals surface area (Å²) in [5.41, 5.74) is -8.05. The van der Waals surface area contributed by atoms with Crippen LogP contribution in [0, 0.1) is 0 Å². The number of rotatable bonds is 32. The van der Waals surface area contributed by atoms with Crippen molar-refractivity contribution in [3.8, 4) is 0 Å². The second-order valence-electron chi connectivity index (χ2n) is 13.1. The van der Waals surface area contributed by atoms with E-state index in [2.05, 4.69) is 13.8 Å². The first-order valence-electron chi connectivity index (χ1n) is 17.9. The Morgan fingerprint density at radius 3 is 1.02 bits per heavy atom. The van der Waals surface area contributed by atoms with Crippen LogP contribution in [0.5, 0.6) is 0 Å². The van der Waals surface area contributed by atoms with Gasteiger partial charge in [-0.05, 0) is 104 Å². The molecule has 0 aliphatic heterocycles. The molecular weight excluding hydrogens is 766 g/mol. The molecule has 15 heteroatoms. The Morgan fingerprint density at radius 1 is 0.468 bits per heavy atom. The van der Waals surface area contributed by atoms with Gasteiger partial charge < -0.3 is 27.1 Å². The van der Waals surface area contributed by atoms with Gasteiger partial charge in [-0.2, -0.15) is 0 Å². The minimum absolute atomic E-state index is 0.0253. The van der Waals surface area contributed by atoms with Crippen LogP contribution < -0.4 is 0 Å². The van der Waals surface area contributed by atoms with Crippen molar-refractivity contribution in [2.24, 2.45) is 0 Å². The predicted molar refractivity (Wildman–Crippen MR) is 227 cm³/mol. The highest BCUT2D eigenvalue weighted by molar-refractivity contribution is 8.68. The molecule has 0 bridgehead atoms. The third-order valence-electron chi connectivity index (χ3n) is 6.52. The van der Waals surface area contributed by atoms with Crippen LogP contribution in [0.1, 0.15) is 159 Å². The van der Waals surface area contributed by atoms with Crippen LogP contribution in [0.15, 0.2) is 0 Å². The minimum Gasteiger partial charge on any atom is -0.319 e. The van der Waals surface area contributed by atoms with E-state index in [0.29, 0.717) is 11.5 Å².